The predicted molar refractivity (Wildman–Crippen MR) is 157 cm³/mol. The molecule has 9 atom stereocenters. The van der Waals surface area contributed by atoms with Gasteiger partial charge in [0.1, 0.15) is 11.9 Å². The normalized spacial score (nSPS) is 39.4. The second-order valence-electron chi connectivity index (χ2n) is 14.1. The number of hydrogen-bond donors (Lipinski definition) is 3. The second-order valence-corrected chi connectivity index (χ2v) is 15.8. The van der Waals surface area contributed by atoms with Gasteiger partial charge >= 0.3 is 5.97 Å². The largest absolute Gasteiger partial charge is 0.461 e. The maximum Gasteiger partial charge on any atom is 0.316 e. The molecule has 0 unspecified atom stereocenters. The number of aliphatic hydroxyl groups is 1. The summed E-state index contributed by atoms with van der Waals surface area (Å²) in [6.07, 6.45) is 4.17. The fourth-order valence-corrected chi connectivity index (χ4v) is 8.47. The summed E-state index contributed by atoms with van der Waals surface area (Å²) in [6, 6.07) is -0.573. The van der Waals surface area contributed by atoms with E-state index in [0.717, 1.165) is 19.3 Å². The zero-order chi connectivity index (χ0) is 29.6. The third-order valence-corrected chi connectivity index (χ3v) is 12.2. The molecular formula is C31H52N2O5S. The smallest absolute Gasteiger partial charge is 0.316 e. The van der Waals surface area contributed by atoms with E-state index in [1.165, 1.54) is 11.8 Å². The Labute approximate surface area is 239 Å². The maximum atomic E-state index is 13.5. The van der Waals surface area contributed by atoms with Gasteiger partial charge in [-0.05, 0) is 62.7 Å². The van der Waals surface area contributed by atoms with E-state index in [4.69, 9.17) is 10.5 Å². The van der Waals surface area contributed by atoms with Gasteiger partial charge in [-0.15, -0.1) is 18.3 Å². The van der Waals surface area contributed by atoms with E-state index in [1.807, 2.05) is 40.7 Å². The number of aliphatic hydroxyl groups excluding tert-OH is 1. The van der Waals surface area contributed by atoms with Crippen molar-refractivity contribution in [1.82, 2.24) is 5.32 Å². The molecule has 0 spiro atoms. The van der Waals surface area contributed by atoms with Crippen LogP contribution in [-0.2, 0) is 19.1 Å². The van der Waals surface area contributed by atoms with Gasteiger partial charge in [-0.3, -0.25) is 14.4 Å². The Morgan fingerprint density at radius 3 is 2.51 bits per heavy atom. The SMILES string of the molecule is C=C[C@]1(C)C[C@H](OC(=O)CSC(C)(C)CNC(=O)[C@H](N)C(C)C)[C@@]2(C)[C@H](C)CC[C@@]3(CCC(=O)[C@@H]32)[C@H](C)[C@H]1O. The average Bonchev–Trinajstić information content (AvgIpc) is 3.24. The Morgan fingerprint density at radius 1 is 1.28 bits per heavy atom. The number of ether oxygens (including phenoxy) is 1. The number of carbonyl (C=O) groups excluding carboxylic acids is 3. The first-order valence-electron chi connectivity index (χ1n) is 14.7. The lowest BCUT2D eigenvalue weighted by atomic mass is 9.44. The fourth-order valence-electron chi connectivity index (χ4n) is 7.72. The molecule has 1 amide bonds. The molecule has 2 bridgehead atoms. The minimum atomic E-state index is -0.684. The molecule has 0 aromatic carbocycles. The van der Waals surface area contributed by atoms with Crippen molar-refractivity contribution >= 4 is 29.4 Å². The van der Waals surface area contributed by atoms with Crippen molar-refractivity contribution in [1.29, 1.82) is 0 Å². The van der Waals surface area contributed by atoms with E-state index in [-0.39, 0.29) is 52.5 Å². The van der Waals surface area contributed by atoms with Crippen LogP contribution in [0.4, 0.5) is 0 Å². The van der Waals surface area contributed by atoms with Crippen molar-refractivity contribution in [2.75, 3.05) is 12.3 Å². The van der Waals surface area contributed by atoms with Crippen LogP contribution in [0.2, 0.25) is 0 Å². The highest BCUT2D eigenvalue weighted by atomic mass is 32.2. The summed E-state index contributed by atoms with van der Waals surface area (Å²) in [4.78, 5) is 39.2. The first-order chi connectivity index (χ1) is 17.9. The Kier molecular flexibility index (Phi) is 9.46. The number of rotatable bonds is 9. The average molecular weight is 565 g/mol. The van der Waals surface area contributed by atoms with Gasteiger partial charge in [-0.1, -0.05) is 47.6 Å². The predicted octanol–water partition coefficient (Wildman–Crippen LogP) is 4.50. The number of ketones is 1. The number of amides is 1. The quantitative estimate of drug-likeness (QED) is 0.279. The molecule has 39 heavy (non-hydrogen) atoms. The molecule has 3 fully saturated rings. The molecule has 0 aromatic rings. The molecule has 3 saturated carbocycles. The van der Waals surface area contributed by atoms with Crippen LogP contribution in [0.3, 0.4) is 0 Å². The lowest BCUT2D eigenvalue weighted by molar-refractivity contribution is -0.205. The summed E-state index contributed by atoms with van der Waals surface area (Å²) >= 11 is 1.43. The van der Waals surface area contributed by atoms with Crippen molar-refractivity contribution in [2.45, 2.75) is 110 Å². The van der Waals surface area contributed by atoms with Crippen LogP contribution in [0.15, 0.2) is 12.7 Å². The molecule has 3 aliphatic carbocycles. The summed E-state index contributed by atoms with van der Waals surface area (Å²) in [5.41, 5.74) is 4.49. The Hall–Kier alpha value is -1.38. The van der Waals surface area contributed by atoms with Crippen molar-refractivity contribution in [3.63, 3.8) is 0 Å². The van der Waals surface area contributed by atoms with E-state index in [1.54, 1.807) is 0 Å². The van der Waals surface area contributed by atoms with Crippen molar-refractivity contribution < 1.29 is 24.2 Å². The van der Waals surface area contributed by atoms with E-state index >= 15 is 0 Å². The summed E-state index contributed by atoms with van der Waals surface area (Å²) in [6.45, 7) is 20.7. The molecule has 0 saturated heterocycles. The Morgan fingerprint density at radius 2 is 1.92 bits per heavy atom. The van der Waals surface area contributed by atoms with Gasteiger partial charge in [-0.25, -0.2) is 0 Å². The van der Waals surface area contributed by atoms with Crippen LogP contribution in [0.5, 0.6) is 0 Å². The molecule has 0 aliphatic heterocycles. The van der Waals surface area contributed by atoms with Crippen LogP contribution in [-0.4, -0.2) is 58.1 Å². The van der Waals surface area contributed by atoms with Gasteiger partial charge in [0.25, 0.3) is 0 Å². The highest BCUT2D eigenvalue weighted by Crippen LogP contribution is 2.68. The lowest BCUT2D eigenvalue weighted by Gasteiger charge is -2.61. The van der Waals surface area contributed by atoms with Gasteiger partial charge in [0, 0.05) is 34.5 Å². The number of hydrogen-bond acceptors (Lipinski definition) is 7. The minimum absolute atomic E-state index is 0.0382. The summed E-state index contributed by atoms with van der Waals surface area (Å²) in [5.74, 6) is -0.243. The number of carbonyl (C=O) groups is 3. The van der Waals surface area contributed by atoms with Crippen molar-refractivity contribution in [3.8, 4) is 0 Å². The maximum absolute atomic E-state index is 13.5. The third kappa shape index (κ3) is 5.85. The highest BCUT2D eigenvalue weighted by Gasteiger charge is 2.68. The molecule has 7 nitrogen and oxygen atoms in total. The molecule has 0 heterocycles. The first kappa shape index (κ1) is 32.1. The highest BCUT2D eigenvalue weighted by molar-refractivity contribution is 8.01. The molecule has 8 heteroatoms. The summed E-state index contributed by atoms with van der Waals surface area (Å²) < 4.78 is 5.92. The monoisotopic (exact) mass is 564 g/mol. The summed E-state index contributed by atoms with van der Waals surface area (Å²) in [7, 11) is 0. The van der Waals surface area contributed by atoms with Crippen LogP contribution in [0.25, 0.3) is 0 Å². The number of thioether (sulfide) groups is 1. The molecule has 3 aliphatic rings. The van der Waals surface area contributed by atoms with E-state index in [9.17, 15) is 19.5 Å². The van der Waals surface area contributed by atoms with Gasteiger partial charge in [-0.2, -0.15) is 0 Å². The van der Waals surface area contributed by atoms with Crippen LogP contribution in [0.1, 0.15) is 87.5 Å². The molecule has 4 N–H and O–H groups in total. The van der Waals surface area contributed by atoms with Crippen LogP contribution < -0.4 is 11.1 Å². The van der Waals surface area contributed by atoms with Crippen molar-refractivity contribution in [2.24, 2.45) is 45.7 Å². The van der Waals surface area contributed by atoms with E-state index in [2.05, 4.69) is 32.7 Å². The minimum Gasteiger partial charge on any atom is -0.461 e. The van der Waals surface area contributed by atoms with Crippen LogP contribution in [0, 0.1) is 39.9 Å². The van der Waals surface area contributed by atoms with Gasteiger partial charge in [0.15, 0.2) is 0 Å². The number of nitrogens with two attached hydrogens (primary N) is 1. The molecule has 0 aromatic heterocycles. The standard InChI is InChI=1S/C31H52N2O5S/c1-10-29(8)15-22(38-23(35)16-39-28(6,7)17-33-27(37)24(32)18(2)3)30(9)19(4)11-13-31(20(5)26(29)36)14-12-21(34)25(30)31/h10,18-20,22,24-26,36H,1,11-17,32H2,2-9H3,(H,33,37)/t19-,20-,22+,24-,25-,26-,29-,30-,31-/m1/s1. The van der Waals surface area contributed by atoms with Crippen molar-refractivity contribution in [3.05, 3.63) is 12.7 Å². The molecule has 222 valence electrons. The van der Waals surface area contributed by atoms with Gasteiger partial charge < -0.3 is 20.9 Å². The lowest BCUT2D eigenvalue weighted by Crippen LogP contribution is -2.63. The second kappa shape index (κ2) is 11.5. The Bertz CT molecular complexity index is 969. The first-order valence-corrected chi connectivity index (χ1v) is 15.6. The molecule has 0 radical (unpaired) electrons. The Balaban J connectivity index is 1.82. The summed E-state index contributed by atoms with van der Waals surface area (Å²) in [5, 5.41) is 14.6. The van der Waals surface area contributed by atoms with Crippen LogP contribution >= 0.6 is 11.8 Å². The molecule has 3 rings (SSSR count). The van der Waals surface area contributed by atoms with E-state index in [0.29, 0.717) is 19.4 Å². The third-order valence-electron chi connectivity index (χ3n) is 10.9. The number of nitrogens with one attached hydrogen (secondary N) is 1. The topological polar surface area (TPSA) is 119 Å². The number of esters is 1. The van der Waals surface area contributed by atoms with E-state index < -0.39 is 33.8 Å². The zero-order valence-electron chi connectivity index (χ0n) is 25.3. The fraction of sp³-hybridized carbons (Fsp3) is 0.839. The molecular weight excluding hydrogens is 512 g/mol. The van der Waals surface area contributed by atoms with Gasteiger partial charge in [0.2, 0.25) is 5.91 Å². The number of Topliss-reactive ketones (excluding diaryl/α,β-unsaturated/α-hetero) is 1. The van der Waals surface area contributed by atoms with Gasteiger partial charge in [0.05, 0.1) is 17.9 Å². The zero-order valence-corrected chi connectivity index (χ0v) is 26.2.